The molecule has 1 aliphatic rings. The van der Waals surface area contributed by atoms with Crippen LogP contribution in [0.3, 0.4) is 0 Å². The molecule has 59 valence electrons. The summed E-state index contributed by atoms with van der Waals surface area (Å²) in [5.74, 6) is 0. The van der Waals surface area contributed by atoms with Crippen molar-refractivity contribution in [1.29, 1.82) is 0 Å². The smallest absolute Gasteiger partial charge is 0.0639 e. The Labute approximate surface area is 62.8 Å². The summed E-state index contributed by atoms with van der Waals surface area (Å²) in [5.41, 5.74) is 0. The molecule has 0 aromatic carbocycles. The number of hydrogen-bond acceptors (Lipinski definition) is 2. The van der Waals surface area contributed by atoms with Crippen molar-refractivity contribution in [3.05, 3.63) is 6.42 Å². The predicted molar refractivity (Wildman–Crippen MR) is 41.7 cm³/mol. The molecular weight excluding hydrogens is 126 g/mol. The molecule has 0 aromatic heterocycles. The van der Waals surface area contributed by atoms with E-state index in [9.17, 15) is 0 Å². The van der Waals surface area contributed by atoms with Crippen LogP contribution in [0.25, 0.3) is 0 Å². The topological polar surface area (TPSA) is 23.5 Å². The van der Waals surface area contributed by atoms with Crippen LogP contribution in [0.15, 0.2) is 0 Å². The van der Waals surface area contributed by atoms with Gasteiger partial charge in [-0.1, -0.05) is 0 Å². The monoisotopic (exact) mass is 142 g/mol. The van der Waals surface area contributed by atoms with Crippen LogP contribution in [0.1, 0.15) is 19.8 Å². The average Bonchev–Trinajstić information content (AvgIpc) is 1.88. The van der Waals surface area contributed by atoms with E-state index in [2.05, 4.69) is 11.3 Å². The zero-order chi connectivity index (χ0) is 7.40. The second-order valence-corrected chi connectivity index (χ2v) is 3.04. The van der Waals surface area contributed by atoms with Gasteiger partial charge in [0.05, 0.1) is 6.10 Å². The third-order valence-corrected chi connectivity index (χ3v) is 1.79. The molecule has 1 radical (unpaired) electrons. The van der Waals surface area contributed by atoms with Crippen molar-refractivity contribution in [3.63, 3.8) is 0 Å². The van der Waals surface area contributed by atoms with E-state index in [0.717, 1.165) is 19.6 Å². The lowest BCUT2D eigenvalue weighted by atomic mass is 10.1. The normalized spacial score (nSPS) is 24.6. The van der Waals surface area contributed by atoms with E-state index in [1.807, 2.05) is 6.92 Å². The molecule has 0 aliphatic carbocycles. The molecule has 1 unspecified atom stereocenters. The van der Waals surface area contributed by atoms with Crippen LogP contribution in [-0.2, 0) is 0 Å². The third kappa shape index (κ3) is 2.67. The number of nitrogens with zero attached hydrogens (tertiary/aromatic N) is 1. The third-order valence-electron chi connectivity index (χ3n) is 1.79. The van der Waals surface area contributed by atoms with Gasteiger partial charge >= 0.3 is 0 Å². The molecule has 1 saturated heterocycles. The Kier molecular flexibility index (Phi) is 3.16. The second-order valence-electron chi connectivity index (χ2n) is 3.04. The molecule has 0 spiro atoms. The molecule has 1 aliphatic heterocycles. The average molecular weight is 142 g/mol. The lowest BCUT2D eigenvalue weighted by molar-refractivity contribution is 0.124. The van der Waals surface area contributed by atoms with Gasteiger partial charge in [-0.2, -0.15) is 0 Å². The van der Waals surface area contributed by atoms with Crippen LogP contribution in [0, 0.1) is 6.42 Å². The van der Waals surface area contributed by atoms with Gasteiger partial charge in [-0.25, -0.2) is 0 Å². The van der Waals surface area contributed by atoms with E-state index in [0.29, 0.717) is 0 Å². The predicted octanol–water partition coefficient (Wildman–Crippen LogP) is 0.667. The molecule has 0 amide bonds. The number of likely N-dealkylation sites (tertiary alicyclic amines) is 1. The first-order valence-corrected chi connectivity index (χ1v) is 4.01. The maximum atomic E-state index is 9.05. The van der Waals surface area contributed by atoms with Gasteiger partial charge in [0.15, 0.2) is 0 Å². The minimum Gasteiger partial charge on any atom is -0.392 e. The molecule has 1 fully saturated rings. The lowest BCUT2D eigenvalue weighted by Crippen LogP contribution is -2.35. The Bertz CT molecular complexity index is 87.3. The van der Waals surface area contributed by atoms with Crippen molar-refractivity contribution in [1.82, 2.24) is 4.90 Å². The fourth-order valence-corrected chi connectivity index (χ4v) is 1.36. The fourth-order valence-electron chi connectivity index (χ4n) is 1.36. The van der Waals surface area contributed by atoms with Crippen molar-refractivity contribution in [2.24, 2.45) is 0 Å². The zero-order valence-electron chi connectivity index (χ0n) is 6.58. The van der Waals surface area contributed by atoms with Crippen molar-refractivity contribution >= 4 is 0 Å². The summed E-state index contributed by atoms with van der Waals surface area (Å²) in [7, 11) is 0. The lowest BCUT2D eigenvalue weighted by Gasteiger charge is -2.26. The SMILES string of the molecule is CC(O)CN1C[CH]CCC1. The minimum atomic E-state index is -0.175. The molecule has 1 N–H and O–H groups in total. The quantitative estimate of drug-likeness (QED) is 0.612. The molecule has 0 aromatic rings. The highest BCUT2D eigenvalue weighted by molar-refractivity contribution is 4.78. The number of piperidine rings is 1. The van der Waals surface area contributed by atoms with E-state index in [4.69, 9.17) is 5.11 Å². The van der Waals surface area contributed by atoms with Gasteiger partial charge < -0.3 is 10.0 Å². The summed E-state index contributed by atoms with van der Waals surface area (Å²) in [6, 6.07) is 0. The van der Waals surface area contributed by atoms with Gasteiger partial charge in [0.25, 0.3) is 0 Å². The molecule has 10 heavy (non-hydrogen) atoms. The summed E-state index contributed by atoms with van der Waals surface area (Å²) >= 11 is 0. The Morgan fingerprint density at radius 3 is 3.00 bits per heavy atom. The van der Waals surface area contributed by atoms with Crippen LogP contribution in [0.5, 0.6) is 0 Å². The van der Waals surface area contributed by atoms with Gasteiger partial charge in [-0.3, -0.25) is 0 Å². The zero-order valence-corrected chi connectivity index (χ0v) is 6.58. The summed E-state index contributed by atoms with van der Waals surface area (Å²) in [6.07, 6.45) is 4.61. The number of β-amino-alcohol motifs (C(OH)–C–C–N with tert-alkyl or cyclic N) is 1. The molecule has 2 nitrogen and oxygen atoms in total. The van der Waals surface area contributed by atoms with Crippen LogP contribution >= 0.6 is 0 Å². The highest BCUT2D eigenvalue weighted by Crippen LogP contribution is 2.07. The summed E-state index contributed by atoms with van der Waals surface area (Å²) < 4.78 is 0. The van der Waals surface area contributed by atoms with Crippen LogP contribution < -0.4 is 0 Å². The van der Waals surface area contributed by atoms with Gasteiger partial charge in [0.2, 0.25) is 0 Å². The number of hydrogen-bond donors (Lipinski definition) is 1. The Balaban J connectivity index is 2.13. The Morgan fingerprint density at radius 2 is 2.50 bits per heavy atom. The largest absolute Gasteiger partial charge is 0.392 e. The van der Waals surface area contributed by atoms with E-state index in [-0.39, 0.29) is 6.10 Å². The van der Waals surface area contributed by atoms with Crippen LogP contribution in [-0.4, -0.2) is 35.7 Å². The number of rotatable bonds is 2. The van der Waals surface area contributed by atoms with Gasteiger partial charge in [-0.15, -0.1) is 0 Å². The maximum absolute atomic E-state index is 9.05. The first-order valence-electron chi connectivity index (χ1n) is 4.01. The number of aliphatic hydroxyl groups is 1. The van der Waals surface area contributed by atoms with E-state index >= 15 is 0 Å². The van der Waals surface area contributed by atoms with Crippen molar-refractivity contribution < 1.29 is 5.11 Å². The second kappa shape index (κ2) is 3.94. The molecule has 0 bridgehead atoms. The summed E-state index contributed by atoms with van der Waals surface area (Å²) in [4.78, 5) is 2.29. The molecule has 2 heteroatoms. The molecule has 1 atom stereocenters. The van der Waals surface area contributed by atoms with E-state index in [1.165, 1.54) is 12.8 Å². The first-order chi connectivity index (χ1) is 4.79. The maximum Gasteiger partial charge on any atom is 0.0639 e. The van der Waals surface area contributed by atoms with Crippen molar-refractivity contribution in [2.45, 2.75) is 25.9 Å². The van der Waals surface area contributed by atoms with Gasteiger partial charge in [0, 0.05) is 13.1 Å². The fraction of sp³-hybridized carbons (Fsp3) is 0.875. The van der Waals surface area contributed by atoms with Crippen LogP contribution in [0.4, 0.5) is 0 Å². The highest BCUT2D eigenvalue weighted by Gasteiger charge is 2.11. The summed E-state index contributed by atoms with van der Waals surface area (Å²) in [5, 5.41) is 9.05. The standard InChI is InChI=1S/C8H16NO/c1-8(10)7-9-5-3-2-4-6-9/h3,8,10H,2,4-7H2,1H3. The van der Waals surface area contributed by atoms with Crippen molar-refractivity contribution in [2.75, 3.05) is 19.6 Å². The highest BCUT2D eigenvalue weighted by atomic mass is 16.3. The number of aliphatic hydroxyl groups excluding tert-OH is 1. The van der Waals surface area contributed by atoms with E-state index < -0.39 is 0 Å². The molecule has 1 rings (SSSR count). The first kappa shape index (κ1) is 8.02. The molecule has 1 heterocycles. The summed E-state index contributed by atoms with van der Waals surface area (Å²) in [6.45, 7) is 4.89. The van der Waals surface area contributed by atoms with Crippen LogP contribution in [0.2, 0.25) is 0 Å². The van der Waals surface area contributed by atoms with E-state index in [1.54, 1.807) is 0 Å². The van der Waals surface area contributed by atoms with Gasteiger partial charge in [-0.05, 0) is 32.7 Å². The minimum absolute atomic E-state index is 0.175. The van der Waals surface area contributed by atoms with Gasteiger partial charge in [0.1, 0.15) is 0 Å². The molecular formula is C8H16NO. The van der Waals surface area contributed by atoms with Crippen molar-refractivity contribution in [3.8, 4) is 0 Å². The Hall–Kier alpha value is -0.0800. The molecule has 0 saturated carbocycles. The Morgan fingerprint density at radius 1 is 1.70 bits per heavy atom.